The third kappa shape index (κ3) is 4.44. The predicted octanol–water partition coefficient (Wildman–Crippen LogP) is 4.14. The Morgan fingerprint density at radius 1 is 1.18 bits per heavy atom. The molecule has 0 spiro atoms. The molecule has 1 saturated heterocycles. The highest BCUT2D eigenvalue weighted by atomic mass is 16.5. The van der Waals surface area contributed by atoms with Gasteiger partial charge >= 0.3 is 5.97 Å². The highest BCUT2D eigenvalue weighted by Crippen LogP contribution is 2.24. The van der Waals surface area contributed by atoms with Crippen LogP contribution in [0.4, 0.5) is 0 Å². The zero-order valence-corrected chi connectivity index (χ0v) is 14.2. The summed E-state index contributed by atoms with van der Waals surface area (Å²) < 4.78 is 5.00. The molecule has 1 aromatic carbocycles. The Morgan fingerprint density at radius 2 is 1.77 bits per heavy atom. The molecule has 0 N–H and O–H groups in total. The maximum absolute atomic E-state index is 11.6. The highest BCUT2D eigenvalue weighted by molar-refractivity contribution is 5.89. The first-order valence-corrected chi connectivity index (χ1v) is 8.12. The van der Waals surface area contributed by atoms with E-state index in [2.05, 4.69) is 31.7 Å². The summed E-state index contributed by atoms with van der Waals surface area (Å²) in [6.45, 7) is 11.3. The van der Waals surface area contributed by atoms with Crippen LogP contribution in [0.25, 0.3) is 6.08 Å². The van der Waals surface area contributed by atoms with Crippen molar-refractivity contribution in [2.45, 2.75) is 46.1 Å². The Bertz CT molecular complexity index is 528. The maximum atomic E-state index is 11.6. The van der Waals surface area contributed by atoms with E-state index in [0.717, 1.165) is 31.5 Å². The van der Waals surface area contributed by atoms with E-state index in [4.69, 9.17) is 4.74 Å². The molecule has 0 unspecified atom stereocenters. The molecule has 3 nitrogen and oxygen atoms in total. The van der Waals surface area contributed by atoms with Crippen LogP contribution in [0.3, 0.4) is 0 Å². The first kappa shape index (κ1) is 16.8. The standard InChI is InChI=1S/C19H27NO2/c1-5-22-18(21)17-8-6-15(7-9-17)14-16-10-12-20(13-11-16)19(2,3)4/h6-9,14H,5,10-13H2,1-4H3. The van der Waals surface area contributed by atoms with E-state index in [0.29, 0.717) is 12.2 Å². The topological polar surface area (TPSA) is 29.5 Å². The van der Waals surface area contributed by atoms with Crippen LogP contribution in [0.15, 0.2) is 29.8 Å². The lowest BCUT2D eigenvalue weighted by atomic mass is 9.96. The number of carbonyl (C=O) groups excluding carboxylic acids is 1. The number of likely N-dealkylation sites (tertiary alicyclic amines) is 1. The number of carbonyl (C=O) groups is 1. The molecule has 0 amide bonds. The number of hydrogen-bond acceptors (Lipinski definition) is 3. The molecule has 0 radical (unpaired) electrons. The van der Waals surface area contributed by atoms with E-state index >= 15 is 0 Å². The average molecular weight is 301 g/mol. The smallest absolute Gasteiger partial charge is 0.338 e. The van der Waals surface area contributed by atoms with Gasteiger partial charge in [-0.1, -0.05) is 23.8 Å². The van der Waals surface area contributed by atoms with Crippen LogP contribution in [0.2, 0.25) is 0 Å². The van der Waals surface area contributed by atoms with E-state index in [1.165, 1.54) is 5.57 Å². The quantitative estimate of drug-likeness (QED) is 0.786. The van der Waals surface area contributed by atoms with Gasteiger partial charge in [0, 0.05) is 18.6 Å². The predicted molar refractivity (Wildman–Crippen MR) is 90.9 cm³/mol. The van der Waals surface area contributed by atoms with Crippen LogP contribution in [-0.4, -0.2) is 36.1 Å². The van der Waals surface area contributed by atoms with Crippen molar-refractivity contribution in [1.82, 2.24) is 4.90 Å². The molecule has 22 heavy (non-hydrogen) atoms. The van der Waals surface area contributed by atoms with Gasteiger partial charge in [0.15, 0.2) is 0 Å². The van der Waals surface area contributed by atoms with Crippen LogP contribution >= 0.6 is 0 Å². The summed E-state index contributed by atoms with van der Waals surface area (Å²) in [4.78, 5) is 14.2. The Balaban J connectivity index is 1.98. The third-order valence-corrected chi connectivity index (χ3v) is 4.15. The van der Waals surface area contributed by atoms with Crippen molar-refractivity contribution in [3.05, 3.63) is 41.0 Å². The van der Waals surface area contributed by atoms with Gasteiger partial charge in [-0.15, -0.1) is 0 Å². The van der Waals surface area contributed by atoms with Gasteiger partial charge in [-0.2, -0.15) is 0 Å². The van der Waals surface area contributed by atoms with E-state index in [1.54, 1.807) is 0 Å². The van der Waals surface area contributed by atoms with Crippen molar-refractivity contribution in [2.75, 3.05) is 19.7 Å². The van der Waals surface area contributed by atoms with Gasteiger partial charge in [-0.25, -0.2) is 4.79 Å². The second-order valence-electron chi connectivity index (χ2n) is 6.80. The molecule has 1 fully saturated rings. The van der Waals surface area contributed by atoms with Crippen LogP contribution in [-0.2, 0) is 4.74 Å². The zero-order chi connectivity index (χ0) is 16.2. The van der Waals surface area contributed by atoms with E-state index in [1.807, 2.05) is 31.2 Å². The Labute approximate surface area is 134 Å². The normalized spacial score (nSPS) is 16.5. The number of esters is 1. The van der Waals surface area contributed by atoms with Gasteiger partial charge in [-0.3, -0.25) is 4.90 Å². The molecular formula is C19H27NO2. The Morgan fingerprint density at radius 3 is 2.27 bits per heavy atom. The largest absolute Gasteiger partial charge is 0.462 e. The molecule has 1 heterocycles. The fraction of sp³-hybridized carbons (Fsp3) is 0.526. The summed E-state index contributed by atoms with van der Waals surface area (Å²) in [5.41, 5.74) is 3.52. The number of rotatable bonds is 3. The van der Waals surface area contributed by atoms with E-state index in [9.17, 15) is 4.79 Å². The van der Waals surface area contributed by atoms with Crippen molar-refractivity contribution in [3.8, 4) is 0 Å². The molecule has 0 atom stereocenters. The lowest BCUT2D eigenvalue weighted by molar-refractivity contribution is 0.0526. The van der Waals surface area contributed by atoms with Gasteiger partial charge < -0.3 is 4.74 Å². The average Bonchev–Trinajstić information content (AvgIpc) is 2.48. The van der Waals surface area contributed by atoms with Crippen molar-refractivity contribution < 1.29 is 9.53 Å². The summed E-state index contributed by atoms with van der Waals surface area (Å²) in [5, 5.41) is 0. The summed E-state index contributed by atoms with van der Waals surface area (Å²) in [5.74, 6) is -0.250. The van der Waals surface area contributed by atoms with Gasteiger partial charge in [-0.05, 0) is 58.2 Å². The highest BCUT2D eigenvalue weighted by Gasteiger charge is 2.24. The van der Waals surface area contributed by atoms with Crippen molar-refractivity contribution in [2.24, 2.45) is 0 Å². The van der Waals surface area contributed by atoms with Crippen molar-refractivity contribution >= 4 is 12.0 Å². The third-order valence-electron chi connectivity index (χ3n) is 4.15. The van der Waals surface area contributed by atoms with Crippen LogP contribution < -0.4 is 0 Å². The fourth-order valence-corrected chi connectivity index (χ4v) is 2.77. The molecule has 0 bridgehead atoms. The molecule has 0 aromatic heterocycles. The van der Waals surface area contributed by atoms with Crippen molar-refractivity contribution in [1.29, 1.82) is 0 Å². The molecule has 3 heteroatoms. The fourth-order valence-electron chi connectivity index (χ4n) is 2.77. The molecule has 2 rings (SSSR count). The van der Waals surface area contributed by atoms with E-state index < -0.39 is 0 Å². The van der Waals surface area contributed by atoms with E-state index in [-0.39, 0.29) is 11.5 Å². The number of benzene rings is 1. The molecule has 1 aliphatic rings. The van der Waals surface area contributed by atoms with Crippen molar-refractivity contribution in [3.63, 3.8) is 0 Å². The van der Waals surface area contributed by atoms with Gasteiger partial charge in [0.25, 0.3) is 0 Å². The Hall–Kier alpha value is -1.61. The molecule has 1 aliphatic heterocycles. The number of nitrogens with zero attached hydrogens (tertiary/aromatic N) is 1. The molecule has 0 aliphatic carbocycles. The van der Waals surface area contributed by atoms with Crippen LogP contribution in [0, 0.1) is 0 Å². The number of piperidine rings is 1. The summed E-state index contributed by atoms with van der Waals surface area (Å²) in [7, 11) is 0. The SMILES string of the molecule is CCOC(=O)c1ccc(C=C2CCN(C(C)(C)C)CC2)cc1. The lowest BCUT2D eigenvalue weighted by Gasteiger charge is -2.39. The Kier molecular flexibility index (Phi) is 5.41. The minimum absolute atomic E-state index is 0.250. The molecule has 0 saturated carbocycles. The lowest BCUT2D eigenvalue weighted by Crippen LogP contribution is -2.44. The minimum Gasteiger partial charge on any atom is -0.462 e. The second kappa shape index (κ2) is 7.10. The van der Waals surface area contributed by atoms with Crippen LogP contribution in [0.1, 0.15) is 56.5 Å². The zero-order valence-electron chi connectivity index (χ0n) is 14.2. The first-order chi connectivity index (χ1) is 10.4. The van der Waals surface area contributed by atoms with Gasteiger partial charge in [0.05, 0.1) is 12.2 Å². The van der Waals surface area contributed by atoms with Gasteiger partial charge in [0.2, 0.25) is 0 Å². The molecular weight excluding hydrogens is 274 g/mol. The van der Waals surface area contributed by atoms with Crippen LogP contribution in [0.5, 0.6) is 0 Å². The second-order valence-corrected chi connectivity index (χ2v) is 6.80. The number of ether oxygens (including phenoxy) is 1. The molecule has 120 valence electrons. The number of hydrogen-bond donors (Lipinski definition) is 0. The molecule has 1 aromatic rings. The monoisotopic (exact) mass is 301 g/mol. The summed E-state index contributed by atoms with van der Waals surface area (Å²) in [6, 6.07) is 7.67. The first-order valence-electron chi connectivity index (χ1n) is 8.12. The summed E-state index contributed by atoms with van der Waals surface area (Å²) in [6.07, 6.45) is 4.50. The minimum atomic E-state index is -0.250. The summed E-state index contributed by atoms with van der Waals surface area (Å²) >= 11 is 0. The maximum Gasteiger partial charge on any atom is 0.338 e. The van der Waals surface area contributed by atoms with Gasteiger partial charge in [0.1, 0.15) is 0 Å².